The van der Waals surface area contributed by atoms with Crippen LogP contribution in [-0.2, 0) is 11.3 Å². The van der Waals surface area contributed by atoms with E-state index in [1.807, 2.05) is 72.5 Å². The lowest BCUT2D eigenvalue weighted by atomic mass is 10.1. The predicted molar refractivity (Wildman–Crippen MR) is 124 cm³/mol. The third-order valence-corrected chi connectivity index (χ3v) is 5.13. The lowest BCUT2D eigenvalue weighted by Crippen LogP contribution is -2.33. The van der Waals surface area contributed by atoms with Crippen molar-refractivity contribution in [3.05, 3.63) is 95.0 Å². The van der Waals surface area contributed by atoms with Crippen LogP contribution in [0.2, 0.25) is 0 Å². The molecule has 31 heavy (non-hydrogen) atoms. The van der Waals surface area contributed by atoms with E-state index in [0.29, 0.717) is 29.8 Å². The van der Waals surface area contributed by atoms with Gasteiger partial charge in [-0.2, -0.15) is 0 Å². The molecule has 0 atom stereocenters. The van der Waals surface area contributed by atoms with Gasteiger partial charge in [-0.1, -0.05) is 61.5 Å². The molecule has 0 aliphatic carbocycles. The van der Waals surface area contributed by atoms with Crippen LogP contribution in [0.5, 0.6) is 0 Å². The van der Waals surface area contributed by atoms with E-state index in [4.69, 9.17) is 0 Å². The molecular formula is C25H24N4O2. The Kier molecular flexibility index (Phi) is 6.19. The number of hydrogen-bond acceptors (Lipinski definition) is 4. The summed E-state index contributed by atoms with van der Waals surface area (Å²) < 4.78 is 0. The number of rotatable bonds is 7. The van der Waals surface area contributed by atoms with Crippen LogP contribution < -0.4 is 10.9 Å². The number of nitrogens with zero attached hydrogens (tertiary/aromatic N) is 2. The number of anilines is 1. The number of nitrogens with one attached hydrogen (secondary N) is 2. The molecule has 0 bridgehead atoms. The highest BCUT2D eigenvalue weighted by molar-refractivity contribution is 5.92. The fraction of sp³-hybridized carbons (Fsp3) is 0.160. The first-order chi connectivity index (χ1) is 15.1. The summed E-state index contributed by atoms with van der Waals surface area (Å²) in [6, 6.07) is 25.1. The molecule has 0 spiro atoms. The van der Waals surface area contributed by atoms with Gasteiger partial charge in [0.05, 0.1) is 24.0 Å². The summed E-state index contributed by atoms with van der Waals surface area (Å²) in [4.78, 5) is 34.1. The Morgan fingerprint density at radius 1 is 0.935 bits per heavy atom. The zero-order chi connectivity index (χ0) is 21.6. The third-order valence-electron chi connectivity index (χ3n) is 5.13. The first-order valence-corrected chi connectivity index (χ1v) is 10.3. The number of H-pyrrole nitrogens is 1. The number of hydrogen-bond donors (Lipinski definition) is 2. The molecule has 0 saturated heterocycles. The van der Waals surface area contributed by atoms with Crippen molar-refractivity contribution in [2.75, 3.05) is 18.4 Å². The smallest absolute Gasteiger partial charge is 0.258 e. The number of fused-ring (bicyclic) bond motifs is 1. The molecule has 0 fully saturated rings. The molecule has 4 rings (SSSR count). The Bertz CT molecular complexity index is 1230. The van der Waals surface area contributed by atoms with Gasteiger partial charge in [-0.3, -0.25) is 14.5 Å². The maximum Gasteiger partial charge on any atom is 0.258 e. The number of para-hydroxylation sites is 1. The number of likely N-dealkylation sites (N-methyl/N-ethyl adjacent to an activating group) is 1. The number of aromatic amines is 1. The molecule has 156 valence electrons. The standard InChI is InChI=1S/C25H24N4O2/c1-2-29(16-23-27-22-11-7-6-10-21(22)25(31)28-23)17-24(30)26-20-14-12-19(13-15-20)18-8-4-3-5-9-18/h3-15H,2,16-17H2,1H3,(H,26,30)(H,27,28,31). The van der Waals surface area contributed by atoms with Crippen molar-refractivity contribution in [1.82, 2.24) is 14.9 Å². The van der Waals surface area contributed by atoms with Crippen molar-refractivity contribution in [2.45, 2.75) is 13.5 Å². The van der Waals surface area contributed by atoms with Crippen molar-refractivity contribution in [3.63, 3.8) is 0 Å². The number of carbonyl (C=O) groups excluding carboxylic acids is 1. The van der Waals surface area contributed by atoms with Gasteiger partial charge < -0.3 is 10.3 Å². The van der Waals surface area contributed by atoms with Crippen molar-refractivity contribution in [3.8, 4) is 11.1 Å². The van der Waals surface area contributed by atoms with E-state index in [1.54, 1.807) is 6.07 Å². The largest absolute Gasteiger partial charge is 0.325 e. The summed E-state index contributed by atoms with van der Waals surface area (Å²) >= 11 is 0. The van der Waals surface area contributed by atoms with Gasteiger partial charge in [0, 0.05) is 5.69 Å². The zero-order valence-electron chi connectivity index (χ0n) is 17.3. The Hall–Kier alpha value is -3.77. The second-order valence-corrected chi connectivity index (χ2v) is 7.32. The second-order valence-electron chi connectivity index (χ2n) is 7.32. The minimum absolute atomic E-state index is 0.113. The molecule has 0 radical (unpaired) electrons. The highest BCUT2D eigenvalue weighted by Gasteiger charge is 2.12. The van der Waals surface area contributed by atoms with Crippen LogP contribution in [0.1, 0.15) is 12.7 Å². The van der Waals surface area contributed by atoms with Gasteiger partial charge in [-0.05, 0) is 41.9 Å². The normalized spacial score (nSPS) is 11.0. The van der Waals surface area contributed by atoms with Crippen LogP contribution in [0.4, 0.5) is 5.69 Å². The number of amides is 1. The number of aromatic nitrogens is 2. The Morgan fingerprint density at radius 2 is 1.61 bits per heavy atom. The molecule has 4 aromatic rings. The fourth-order valence-corrected chi connectivity index (χ4v) is 3.48. The third kappa shape index (κ3) is 5.05. The Balaban J connectivity index is 1.39. The molecule has 3 aromatic carbocycles. The zero-order valence-corrected chi connectivity index (χ0v) is 17.3. The lowest BCUT2D eigenvalue weighted by molar-refractivity contribution is -0.117. The summed E-state index contributed by atoms with van der Waals surface area (Å²) in [5.41, 5.74) is 3.47. The highest BCUT2D eigenvalue weighted by atomic mass is 16.2. The molecule has 1 heterocycles. The van der Waals surface area contributed by atoms with E-state index >= 15 is 0 Å². The number of benzene rings is 3. The Morgan fingerprint density at radius 3 is 2.35 bits per heavy atom. The summed E-state index contributed by atoms with van der Waals surface area (Å²) in [7, 11) is 0. The second kappa shape index (κ2) is 9.36. The van der Waals surface area contributed by atoms with Gasteiger partial charge in [-0.15, -0.1) is 0 Å². The van der Waals surface area contributed by atoms with Crippen LogP contribution in [0.15, 0.2) is 83.7 Å². The molecule has 0 unspecified atom stereocenters. The average molecular weight is 412 g/mol. The van der Waals surface area contributed by atoms with Gasteiger partial charge in [0.15, 0.2) is 0 Å². The van der Waals surface area contributed by atoms with Crippen LogP contribution in [0.25, 0.3) is 22.0 Å². The van der Waals surface area contributed by atoms with Crippen molar-refractivity contribution in [1.29, 1.82) is 0 Å². The van der Waals surface area contributed by atoms with E-state index in [-0.39, 0.29) is 18.0 Å². The molecule has 1 amide bonds. The molecule has 1 aromatic heterocycles. The first-order valence-electron chi connectivity index (χ1n) is 10.3. The van der Waals surface area contributed by atoms with Crippen molar-refractivity contribution >= 4 is 22.5 Å². The van der Waals surface area contributed by atoms with E-state index in [9.17, 15) is 9.59 Å². The summed E-state index contributed by atoms with van der Waals surface area (Å²) in [5.74, 6) is 0.433. The fourth-order valence-electron chi connectivity index (χ4n) is 3.48. The molecule has 6 heteroatoms. The van der Waals surface area contributed by atoms with E-state index < -0.39 is 0 Å². The lowest BCUT2D eigenvalue weighted by Gasteiger charge is -2.19. The van der Waals surface area contributed by atoms with Gasteiger partial charge in [0.25, 0.3) is 5.56 Å². The SMILES string of the molecule is CCN(CC(=O)Nc1ccc(-c2ccccc2)cc1)Cc1nc2ccccc2c(=O)[nH]1. The average Bonchev–Trinajstić information content (AvgIpc) is 2.80. The first kappa shape index (κ1) is 20.5. The number of carbonyl (C=O) groups is 1. The van der Waals surface area contributed by atoms with Crippen LogP contribution >= 0.6 is 0 Å². The molecule has 0 saturated carbocycles. The van der Waals surface area contributed by atoms with Gasteiger partial charge in [-0.25, -0.2) is 4.98 Å². The topological polar surface area (TPSA) is 78.1 Å². The Labute approximate surface area is 180 Å². The maximum absolute atomic E-state index is 12.6. The molecule has 0 aliphatic heterocycles. The minimum Gasteiger partial charge on any atom is -0.325 e. The van der Waals surface area contributed by atoms with Gasteiger partial charge in [0.1, 0.15) is 5.82 Å². The molecular weight excluding hydrogens is 388 g/mol. The highest BCUT2D eigenvalue weighted by Crippen LogP contribution is 2.21. The minimum atomic E-state index is -0.167. The predicted octanol–water partition coefficient (Wildman–Crippen LogP) is 4.05. The van der Waals surface area contributed by atoms with Crippen molar-refractivity contribution in [2.24, 2.45) is 0 Å². The van der Waals surface area contributed by atoms with Crippen molar-refractivity contribution < 1.29 is 4.79 Å². The quantitative estimate of drug-likeness (QED) is 0.480. The van der Waals surface area contributed by atoms with Crippen LogP contribution in [-0.4, -0.2) is 33.9 Å². The molecule has 6 nitrogen and oxygen atoms in total. The van der Waals surface area contributed by atoms with Gasteiger partial charge >= 0.3 is 0 Å². The summed E-state index contributed by atoms with van der Waals surface area (Å²) in [6.45, 7) is 3.21. The molecule has 2 N–H and O–H groups in total. The van der Waals surface area contributed by atoms with Gasteiger partial charge in [0.2, 0.25) is 5.91 Å². The monoisotopic (exact) mass is 412 g/mol. The maximum atomic E-state index is 12.6. The summed E-state index contributed by atoms with van der Waals surface area (Å²) in [6.07, 6.45) is 0. The van der Waals surface area contributed by atoms with E-state index in [1.165, 1.54) is 0 Å². The summed E-state index contributed by atoms with van der Waals surface area (Å²) in [5, 5.41) is 3.50. The van der Waals surface area contributed by atoms with E-state index in [2.05, 4.69) is 27.4 Å². The van der Waals surface area contributed by atoms with E-state index in [0.717, 1.165) is 16.8 Å². The van der Waals surface area contributed by atoms with Crippen LogP contribution in [0, 0.1) is 0 Å². The molecule has 0 aliphatic rings. The van der Waals surface area contributed by atoms with Crippen LogP contribution in [0.3, 0.4) is 0 Å².